The molecule has 7 heteroatoms. The Morgan fingerprint density at radius 1 is 1.25 bits per heavy atom. The molecule has 108 valence electrons. The lowest BCUT2D eigenvalue weighted by atomic mass is 10.2. The minimum Gasteiger partial charge on any atom is -0.380 e. The largest absolute Gasteiger partial charge is 0.380 e. The Bertz CT molecular complexity index is 688. The molecule has 1 heterocycles. The van der Waals surface area contributed by atoms with Crippen LogP contribution in [0.2, 0.25) is 0 Å². The van der Waals surface area contributed by atoms with Crippen LogP contribution in [0.4, 0.5) is 5.69 Å². The molecule has 0 amide bonds. The second-order valence-corrected chi connectivity index (χ2v) is 6.21. The van der Waals surface area contributed by atoms with Gasteiger partial charge >= 0.3 is 0 Å². The minimum absolute atomic E-state index is 0.217. The van der Waals surface area contributed by atoms with Crippen LogP contribution in [0.25, 0.3) is 0 Å². The van der Waals surface area contributed by atoms with Crippen LogP contribution >= 0.6 is 0 Å². The van der Waals surface area contributed by atoms with E-state index in [1.54, 1.807) is 24.3 Å². The van der Waals surface area contributed by atoms with Gasteiger partial charge < -0.3 is 9.84 Å². The van der Waals surface area contributed by atoms with E-state index in [4.69, 9.17) is 4.52 Å². The monoisotopic (exact) mass is 295 g/mol. The number of benzene rings is 1. The zero-order chi connectivity index (χ0) is 14.8. The van der Waals surface area contributed by atoms with Crippen LogP contribution in [-0.4, -0.2) is 20.6 Å². The van der Waals surface area contributed by atoms with Gasteiger partial charge in [0, 0.05) is 12.1 Å². The molecule has 0 atom stereocenters. The zero-order valence-electron chi connectivity index (χ0n) is 11.6. The van der Waals surface area contributed by atoms with E-state index < -0.39 is 10.0 Å². The molecule has 1 aromatic carbocycles. The number of para-hydroxylation sites is 1. The number of rotatable bonds is 5. The third-order valence-corrected chi connectivity index (χ3v) is 4.55. The van der Waals surface area contributed by atoms with Crippen molar-refractivity contribution in [2.45, 2.75) is 25.3 Å². The van der Waals surface area contributed by atoms with Crippen molar-refractivity contribution in [2.24, 2.45) is 0 Å². The van der Waals surface area contributed by atoms with Crippen molar-refractivity contribution in [2.75, 3.05) is 12.4 Å². The predicted molar refractivity (Wildman–Crippen MR) is 76.0 cm³/mol. The molecule has 0 aliphatic rings. The molecular formula is C13H17N3O3S. The molecule has 1 aromatic heterocycles. The van der Waals surface area contributed by atoms with Crippen LogP contribution in [0.5, 0.6) is 0 Å². The number of hydrogen-bond donors (Lipinski definition) is 2. The van der Waals surface area contributed by atoms with E-state index in [2.05, 4.69) is 15.2 Å². The van der Waals surface area contributed by atoms with Gasteiger partial charge in [-0.1, -0.05) is 17.3 Å². The summed E-state index contributed by atoms with van der Waals surface area (Å²) in [6, 6.07) is 6.75. The fourth-order valence-electron chi connectivity index (χ4n) is 1.89. The number of aromatic nitrogens is 1. The normalized spacial score (nSPS) is 11.6. The molecule has 0 unspecified atom stereocenters. The Hall–Kier alpha value is -1.86. The van der Waals surface area contributed by atoms with Crippen molar-refractivity contribution in [1.82, 2.24) is 9.88 Å². The first-order chi connectivity index (χ1) is 9.45. The number of anilines is 1. The maximum atomic E-state index is 11.9. The average molecular weight is 295 g/mol. The fourth-order valence-corrected chi connectivity index (χ4v) is 2.80. The van der Waals surface area contributed by atoms with Crippen molar-refractivity contribution < 1.29 is 12.9 Å². The van der Waals surface area contributed by atoms with Gasteiger partial charge in [0.05, 0.1) is 11.4 Å². The summed E-state index contributed by atoms with van der Waals surface area (Å²) in [5.74, 6) is 0.726. The third kappa shape index (κ3) is 2.83. The lowest BCUT2D eigenvalue weighted by Gasteiger charge is -2.11. The summed E-state index contributed by atoms with van der Waals surface area (Å²) in [4.78, 5) is 0.217. The van der Waals surface area contributed by atoms with Crippen molar-refractivity contribution in [1.29, 1.82) is 0 Å². The highest BCUT2D eigenvalue weighted by Crippen LogP contribution is 2.22. The molecule has 0 spiro atoms. The van der Waals surface area contributed by atoms with Crippen LogP contribution in [-0.2, 0) is 16.6 Å². The lowest BCUT2D eigenvalue weighted by molar-refractivity contribution is 0.392. The summed E-state index contributed by atoms with van der Waals surface area (Å²) in [6.07, 6.45) is 0. The maximum absolute atomic E-state index is 11.9. The maximum Gasteiger partial charge on any atom is 0.242 e. The van der Waals surface area contributed by atoms with E-state index in [0.717, 1.165) is 17.0 Å². The first kappa shape index (κ1) is 14.5. The number of nitrogens with zero attached hydrogens (tertiary/aromatic N) is 1. The van der Waals surface area contributed by atoms with Gasteiger partial charge in [0.25, 0.3) is 0 Å². The average Bonchev–Trinajstić information content (AvgIpc) is 2.76. The Labute approximate surface area is 118 Å². The Balaban J connectivity index is 2.27. The van der Waals surface area contributed by atoms with Crippen molar-refractivity contribution in [3.63, 3.8) is 0 Å². The van der Waals surface area contributed by atoms with Crippen LogP contribution < -0.4 is 10.0 Å². The lowest BCUT2D eigenvalue weighted by Crippen LogP contribution is -2.20. The van der Waals surface area contributed by atoms with E-state index in [1.165, 1.54) is 7.05 Å². The van der Waals surface area contributed by atoms with Crippen LogP contribution in [0, 0.1) is 13.8 Å². The molecule has 6 nitrogen and oxygen atoms in total. The molecule has 0 saturated heterocycles. The van der Waals surface area contributed by atoms with E-state index in [0.29, 0.717) is 12.2 Å². The van der Waals surface area contributed by atoms with Crippen molar-refractivity contribution in [3.8, 4) is 0 Å². The molecule has 2 N–H and O–H groups in total. The van der Waals surface area contributed by atoms with Gasteiger partial charge in [0.2, 0.25) is 10.0 Å². The van der Waals surface area contributed by atoms with Crippen LogP contribution in [0.15, 0.2) is 33.7 Å². The molecule has 2 aromatic rings. The topological polar surface area (TPSA) is 84.2 Å². The highest BCUT2D eigenvalue weighted by molar-refractivity contribution is 7.89. The van der Waals surface area contributed by atoms with Crippen LogP contribution in [0.1, 0.15) is 17.0 Å². The molecule has 0 aliphatic heterocycles. The standard InChI is InChI=1S/C13H17N3O3S/c1-9-11(10(2)19-16-9)8-15-12-6-4-5-7-13(12)20(17,18)14-3/h4-7,14-15H,8H2,1-3H3. The number of hydrogen-bond acceptors (Lipinski definition) is 5. The van der Waals surface area contributed by atoms with E-state index >= 15 is 0 Å². The van der Waals surface area contributed by atoms with E-state index in [9.17, 15) is 8.42 Å². The molecule has 0 radical (unpaired) electrons. The number of nitrogens with one attached hydrogen (secondary N) is 2. The first-order valence-electron chi connectivity index (χ1n) is 6.14. The Kier molecular flexibility index (Phi) is 4.10. The van der Waals surface area contributed by atoms with Gasteiger partial charge in [-0.25, -0.2) is 13.1 Å². The highest BCUT2D eigenvalue weighted by atomic mass is 32.2. The van der Waals surface area contributed by atoms with Gasteiger partial charge in [-0.15, -0.1) is 0 Å². The Morgan fingerprint density at radius 2 is 1.95 bits per heavy atom. The number of sulfonamides is 1. The molecule has 0 aliphatic carbocycles. The Morgan fingerprint density at radius 3 is 2.55 bits per heavy atom. The summed E-state index contributed by atoms with van der Waals surface area (Å²) in [5.41, 5.74) is 2.27. The fraction of sp³-hybridized carbons (Fsp3) is 0.308. The van der Waals surface area contributed by atoms with Crippen molar-refractivity contribution >= 4 is 15.7 Å². The third-order valence-electron chi connectivity index (χ3n) is 3.08. The molecule has 0 saturated carbocycles. The quantitative estimate of drug-likeness (QED) is 0.879. The molecule has 20 heavy (non-hydrogen) atoms. The van der Waals surface area contributed by atoms with E-state index in [-0.39, 0.29) is 4.90 Å². The van der Waals surface area contributed by atoms with Gasteiger partial charge in [0.1, 0.15) is 10.7 Å². The first-order valence-corrected chi connectivity index (χ1v) is 7.62. The summed E-state index contributed by atoms with van der Waals surface area (Å²) in [6.45, 7) is 4.13. The summed E-state index contributed by atoms with van der Waals surface area (Å²) in [7, 11) is -2.10. The SMILES string of the molecule is CNS(=O)(=O)c1ccccc1NCc1c(C)noc1C. The smallest absolute Gasteiger partial charge is 0.242 e. The second-order valence-electron chi connectivity index (χ2n) is 4.36. The summed E-state index contributed by atoms with van der Waals surface area (Å²) >= 11 is 0. The zero-order valence-corrected chi connectivity index (χ0v) is 12.4. The molecule has 0 fully saturated rings. The van der Waals surface area contributed by atoms with Crippen LogP contribution in [0.3, 0.4) is 0 Å². The summed E-state index contributed by atoms with van der Waals surface area (Å²) in [5, 5.41) is 6.99. The summed E-state index contributed by atoms with van der Waals surface area (Å²) < 4.78 is 31.3. The minimum atomic E-state index is -3.49. The second kappa shape index (κ2) is 5.64. The van der Waals surface area contributed by atoms with Crippen molar-refractivity contribution in [3.05, 3.63) is 41.3 Å². The number of aryl methyl sites for hydroxylation is 2. The van der Waals surface area contributed by atoms with E-state index in [1.807, 2.05) is 13.8 Å². The highest BCUT2D eigenvalue weighted by Gasteiger charge is 2.16. The predicted octanol–water partition coefficient (Wildman–Crippen LogP) is 1.81. The molecule has 2 rings (SSSR count). The molecular weight excluding hydrogens is 278 g/mol. The van der Waals surface area contributed by atoms with Gasteiger partial charge in [-0.2, -0.15) is 0 Å². The van der Waals surface area contributed by atoms with Gasteiger partial charge in [-0.3, -0.25) is 0 Å². The van der Waals surface area contributed by atoms with Gasteiger partial charge in [-0.05, 0) is 33.0 Å². The van der Waals surface area contributed by atoms with Gasteiger partial charge in [0.15, 0.2) is 0 Å². The molecule has 0 bridgehead atoms.